The lowest BCUT2D eigenvalue weighted by Crippen LogP contribution is -2.42. The molecule has 0 saturated carbocycles. The zero-order valence-electron chi connectivity index (χ0n) is 12.3. The number of aromatic nitrogens is 2. The number of benzene rings is 1. The molecule has 1 heterocycles. The SMILES string of the molecule is COC(=O)[C@H](Cc1cn(-c2ccccc2O)cn1)NC(C)=O. The molecule has 0 unspecified atom stereocenters. The van der Waals surface area contributed by atoms with Crippen LogP contribution in [0.3, 0.4) is 0 Å². The van der Waals surface area contributed by atoms with E-state index in [0.717, 1.165) is 0 Å². The molecule has 2 rings (SSSR count). The highest BCUT2D eigenvalue weighted by Crippen LogP contribution is 2.20. The number of amides is 1. The summed E-state index contributed by atoms with van der Waals surface area (Å²) in [5, 5.41) is 12.3. The number of ether oxygens (including phenoxy) is 1. The molecule has 22 heavy (non-hydrogen) atoms. The molecule has 116 valence electrons. The first-order valence-electron chi connectivity index (χ1n) is 6.67. The van der Waals surface area contributed by atoms with Crippen molar-refractivity contribution in [1.29, 1.82) is 0 Å². The number of rotatable bonds is 5. The fourth-order valence-corrected chi connectivity index (χ4v) is 2.07. The summed E-state index contributed by atoms with van der Waals surface area (Å²) in [5.74, 6) is -0.735. The molecule has 7 nitrogen and oxygen atoms in total. The summed E-state index contributed by atoms with van der Waals surface area (Å²) >= 11 is 0. The zero-order chi connectivity index (χ0) is 16.1. The molecule has 1 atom stereocenters. The monoisotopic (exact) mass is 303 g/mol. The van der Waals surface area contributed by atoms with Gasteiger partial charge in [-0.2, -0.15) is 0 Å². The topological polar surface area (TPSA) is 93.4 Å². The van der Waals surface area contributed by atoms with Crippen molar-refractivity contribution in [2.24, 2.45) is 0 Å². The van der Waals surface area contributed by atoms with E-state index in [9.17, 15) is 14.7 Å². The Labute approximate surface area is 127 Å². The second kappa shape index (κ2) is 6.75. The van der Waals surface area contributed by atoms with Gasteiger partial charge in [0.2, 0.25) is 5.91 Å². The Balaban J connectivity index is 2.18. The second-order valence-electron chi connectivity index (χ2n) is 4.74. The van der Waals surface area contributed by atoms with E-state index in [1.165, 1.54) is 20.4 Å². The predicted molar refractivity (Wildman–Crippen MR) is 78.6 cm³/mol. The highest BCUT2D eigenvalue weighted by molar-refractivity contribution is 5.83. The van der Waals surface area contributed by atoms with Gasteiger partial charge < -0.3 is 19.7 Å². The molecule has 1 aromatic heterocycles. The Hall–Kier alpha value is -2.83. The van der Waals surface area contributed by atoms with Crippen molar-refractivity contribution in [1.82, 2.24) is 14.9 Å². The summed E-state index contributed by atoms with van der Waals surface area (Å²) in [4.78, 5) is 27.0. The van der Waals surface area contributed by atoms with Crippen molar-refractivity contribution in [3.8, 4) is 11.4 Å². The molecule has 0 saturated heterocycles. The van der Waals surface area contributed by atoms with E-state index in [2.05, 4.69) is 15.0 Å². The third kappa shape index (κ3) is 3.63. The Morgan fingerprint density at radius 2 is 2.14 bits per heavy atom. The number of carbonyl (C=O) groups is 2. The fraction of sp³-hybridized carbons (Fsp3) is 0.267. The van der Waals surface area contributed by atoms with Gasteiger partial charge in [0.25, 0.3) is 0 Å². The predicted octanol–water partition coefficient (Wildman–Crippen LogP) is 0.798. The van der Waals surface area contributed by atoms with Crippen LogP contribution in [0.25, 0.3) is 5.69 Å². The maximum absolute atomic E-state index is 11.7. The summed E-state index contributed by atoms with van der Waals surface area (Å²) in [6.45, 7) is 1.33. The fourth-order valence-electron chi connectivity index (χ4n) is 2.07. The maximum atomic E-state index is 11.7. The summed E-state index contributed by atoms with van der Waals surface area (Å²) < 4.78 is 6.31. The van der Waals surface area contributed by atoms with Gasteiger partial charge in [-0.15, -0.1) is 0 Å². The number of imidazole rings is 1. The third-order valence-corrected chi connectivity index (χ3v) is 3.07. The summed E-state index contributed by atoms with van der Waals surface area (Å²) in [6, 6.07) is 6.04. The van der Waals surface area contributed by atoms with E-state index >= 15 is 0 Å². The quantitative estimate of drug-likeness (QED) is 0.797. The minimum Gasteiger partial charge on any atom is -0.506 e. The lowest BCUT2D eigenvalue weighted by atomic mass is 10.1. The summed E-state index contributed by atoms with van der Waals surface area (Å²) in [6.07, 6.45) is 3.42. The van der Waals surface area contributed by atoms with Crippen LogP contribution in [0.1, 0.15) is 12.6 Å². The molecule has 0 radical (unpaired) electrons. The third-order valence-electron chi connectivity index (χ3n) is 3.07. The van der Waals surface area contributed by atoms with Crippen LogP contribution in [-0.2, 0) is 20.7 Å². The molecular weight excluding hydrogens is 286 g/mol. The average Bonchev–Trinajstić information content (AvgIpc) is 2.94. The smallest absolute Gasteiger partial charge is 0.328 e. The molecule has 0 aliphatic rings. The van der Waals surface area contributed by atoms with Crippen LogP contribution in [0.15, 0.2) is 36.8 Å². The highest BCUT2D eigenvalue weighted by atomic mass is 16.5. The van der Waals surface area contributed by atoms with Gasteiger partial charge in [-0.1, -0.05) is 12.1 Å². The average molecular weight is 303 g/mol. The highest BCUT2D eigenvalue weighted by Gasteiger charge is 2.21. The second-order valence-corrected chi connectivity index (χ2v) is 4.74. The molecule has 0 aliphatic heterocycles. The number of phenolic OH excluding ortho intramolecular Hbond substituents is 1. The number of para-hydroxylation sites is 2. The first-order chi connectivity index (χ1) is 10.5. The van der Waals surface area contributed by atoms with Crippen molar-refractivity contribution < 1.29 is 19.4 Å². The van der Waals surface area contributed by atoms with Crippen LogP contribution in [0.5, 0.6) is 5.75 Å². The van der Waals surface area contributed by atoms with E-state index in [-0.39, 0.29) is 18.1 Å². The molecule has 0 bridgehead atoms. The molecule has 0 fully saturated rings. The lowest BCUT2D eigenvalue weighted by molar-refractivity contribution is -0.144. The van der Waals surface area contributed by atoms with Gasteiger partial charge in [0.15, 0.2) is 0 Å². The molecule has 0 spiro atoms. The molecule has 1 amide bonds. The van der Waals surface area contributed by atoms with Gasteiger partial charge >= 0.3 is 5.97 Å². The van der Waals surface area contributed by atoms with Crippen molar-refractivity contribution in [2.75, 3.05) is 7.11 Å². The molecule has 2 aromatic rings. The first kappa shape index (κ1) is 15.6. The van der Waals surface area contributed by atoms with Crippen molar-refractivity contribution in [2.45, 2.75) is 19.4 Å². The van der Waals surface area contributed by atoms with Crippen LogP contribution >= 0.6 is 0 Å². The Kier molecular flexibility index (Phi) is 4.77. The van der Waals surface area contributed by atoms with Crippen molar-refractivity contribution in [3.63, 3.8) is 0 Å². The van der Waals surface area contributed by atoms with E-state index in [1.54, 1.807) is 35.0 Å². The van der Waals surface area contributed by atoms with E-state index < -0.39 is 12.0 Å². The standard InChI is InChI=1S/C15H17N3O4/c1-10(19)17-12(15(21)22-2)7-11-8-18(9-16-11)13-5-3-4-6-14(13)20/h3-6,8-9,12,20H,7H2,1-2H3,(H,17,19)/t12-/m0/s1. The Morgan fingerprint density at radius 1 is 1.41 bits per heavy atom. The summed E-state index contributed by atoms with van der Waals surface area (Å²) in [5.41, 5.74) is 1.17. The first-order valence-corrected chi connectivity index (χ1v) is 6.67. The Bertz CT molecular complexity index is 681. The van der Waals surface area contributed by atoms with Crippen LogP contribution in [0.2, 0.25) is 0 Å². The minimum absolute atomic E-state index is 0.123. The molecule has 0 aliphatic carbocycles. The van der Waals surface area contributed by atoms with E-state index in [4.69, 9.17) is 0 Å². The van der Waals surface area contributed by atoms with Gasteiger partial charge in [-0.05, 0) is 12.1 Å². The number of phenols is 1. The van der Waals surface area contributed by atoms with Gasteiger partial charge in [0.05, 0.1) is 24.8 Å². The number of methoxy groups -OCH3 is 1. The minimum atomic E-state index is -0.796. The van der Waals surface area contributed by atoms with Crippen LogP contribution in [0, 0.1) is 0 Å². The van der Waals surface area contributed by atoms with Gasteiger partial charge in [0.1, 0.15) is 11.8 Å². The van der Waals surface area contributed by atoms with Gasteiger partial charge in [-0.3, -0.25) is 4.79 Å². The molecular formula is C15H17N3O4. The zero-order valence-corrected chi connectivity index (χ0v) is 12.3. The number of hydrogen-bond donors (Lipinski definition) is 2. The number of nitrogens with one attached hydrogen (secondary N) is 1. The van der Waals surface area contributed by atoms with Crippen molar-refractivity contribution >= 4 is 11.9 Å². The number of esters is 1. The lowest BCUT2D eigenvalue weighted by Gasteiger charge is -2.13. The van der Waals surface area contributed by atoms with Crippen LogP contribution < -0.4 is 5.32 Å². The van der Waals surface area contributed by atoms with E-state index in [0.29, 0.717) is 11.4 Å². The maximum Gasteiger partial charge on any atom is 0.328 e. The van der Waals surface area contributed by atoms with E-state index in [1.807, 2.05) is 0 Å². The molecule has 1 aromatic carbocycles. The summed E-state index contributed by atoms with van der Waals surface area (Å²) in [7, 11) is 1.26. The molecule has 7 heteroatoms. The van der Waals surface area contributed by atoms with Crippen molar-refractivity contribution in [3.05, 3.63) is 42.5 Å². The van der Waals surface area contributed by atoms with Gasteiger partial charge in [0, 0.05) is 19.5 Å². The number of aromatic hydroxyl groups is 1. The molecule has 2 N–H and O–H groups in total. The largest absolute Gasteiger partial charge is 0.506 e. The van der Waals surface area contributed by atoms with Crippen LogP contribution in [0.4, 0.5) is 0 Å². The van der Waals surface area contributed by atoms with Crippen LogP contribution in [-0.4, -0.2) is 39.7 Å². The Morgan fingerprint density at radius 3 is 2.77 bits per heavy atom. The number of carbonyl (C=O) groups excluding carboxylic acids is 2. The van der Waals surface area contributed by atoms with Gasteiger partial charge in [-0.25, -0.2) is 9.78 Å². The normalized spacial score (nSPS) is 11.7. The number of nitrogens with zero attached hydrogens (tertiary/aromatic N) is 2. The number of hydrogen-bond acceptors (Lipinski definition) is 5.